The van der Waals surface area contributed by atoms with Gasteiger partial charge in [-0.25, -0.2) is 8.42 Å². The first-order valence-electron chi connectivity index (χ1n) is 9.20. The molecule has 0 atom stereocenters. The first kappa shape index (κ1) is 21.8. The summed E-state index contributed by atoms with van der Waals surface area (Å²) in [6, 6.07) is 13.0. The molecule has 0 fully saturated rings. The van der Waals surface area contributed by atoms with Crippen LogP contribution in [0.25, 0.3) is 0 Å². The van der Waals surface area contributed by atoms with Crippen molar-refractivity contribution in [3.8, 4) is 0 Å². The molecule has 9 heteroatoms. The number of rotatable bonds is 12. The average Bonchev–Trinajstić information content (AvgIpc) is 2.68. The lowest BCUT2D eigenvalue weighted by Gasteiger charge is -2.10. The van der Waals surface area contributed by atoms with E-state index in [9.17, 15) is 8.42 Å². The fourth-order valence-corrected chi connectivity index (χ4v) is 3.33. The van der Waals surface area contributed by atoms with Gasteiger partial charge in [-0.3, -0.25) is 15.2 Å². The van der Waals surface area contributed by atoms with Crippen LogP contribution in [0.2, 0.25) is 0 Å². The third kappa shape index (κ3) is 9.45. The van der Waals surface area contributed by atoms with Gasteiger partial charge in [0.2, 0.25) is 10.0 Å². The Kier molecular flexibility index (Phi) is 9.40. The molecule has 4 N–H and O–H groups in total. The van der Waals surface area contributed by atoms with Gasteiger partial charge in [0.15, 0.2) is 5.96 Å². The number of anilines is 1. The van der Waals surface area contributed by atoms with E-state index in [1.807, 2.05) is 30.3 Å². The number of unbranched alkanes of at least 4 members (excludes halogenated alkanes) is 3. The molecular weight excluding hydrogens is 378 g/mol. The third-order valence-electron chi connectivity index (χ3n) is 3.86. The van der Waals surface area contributed by atoms with Gasteiger partial charge in [0.25, 0.3) is 0 Å². The lowest BCUT2D eigenvalue weighted by molar-refractivity contribution is 0.0795. The summed E-state index contributed by atoms with van der Waals surface area (Å²) in [7, 11) is -3.43. The van der Waals surface area contributed by atoms with E-state index in [4.69, 9.17) is 10.2 Å². The zero-order valence-corrected chi connectivity index (χ0v) is 16.5. The second-order valence-corrected chi connectivity index (χ2v) is 8.06. The molecule has 2 aromatic rings. The maximum Gasteiger partial charge on any atom is 0.233 e. The normalized spacial score (nSPS) is 11.1. The number of nitrogens with zero attached hydrogens (tertiary/aromatic N) is 1. The summed E-state index contributed by atoms with van der Waals surface area (Å²) in [5.41, 5.74) is 1.71. The SMILES string of the molecule is N=C(NCCCCCCS(=O)(=O)NOCc1ccccc1)Nc1ccncc1. The number of nitrogens with one attached hydrogen (secondary N) is 4. The van der Waals surface area contributed by atoms with E-state index in [1.165, 1.54) is 0 Å². The number of pyridine rings is 1. The highest BCUT2D eigenvalue weighted by Crippen LogP contribution is 2.04. The highest BCUT2D eigenvalue weighted by atomic mass is 32.2. The lowest BCUT2D eigenvalue weighted by atomic mass is 10.2. The molecule has 0 saturated heterocycles. The van der Waals surface area contributed by atoms with Crippen LogP contribution in [0.1, 0.15) is 31.2 Å². The smallest absolute Gasteiger partial charge is 0.233 e. The first-order chi connectivity index (χ1) is 13.6. The highest BCUT2D eigenvalue weighted by Gasteiger charge is 2.09. The van der Waals surface area contributed by atoms with Crippen LogP contribution in [0.4, 0.5) is 5.69 Å². The number of sulfonamides is 1. The summed E-state index contributed by atoms with van der Waals surface area (Å²) in [4.78, 5) is 11.2. The molecule has 8 nitrogen and oxygen atoms in total. The summed E-state index contributed by atoms with van der Waals surface area (Å²) in [5.74, 6) is 0.266. The van der Waals surface area contributed by atoms with Gasteiger partial charge < -0.3 is 10.6 Å². The Bertz CT molecular complexity index is 801. The fourth-order valence-electron chi connectivity index (χ4n) is 2.43. The number of hydrogen-bond acceptors (Lipinski definition) is 5. The molecule has 0 amide bonds. The molecule has 1 aromatic carbocycles. The second-order valence-electron chi connectivity index (χ2n) is 6.25. The zero-order chi connectivity index (χ0) is 20.1. The van der Waals surface area contributed by atoms with Crippen molar-refractivity contribution >= 4 is 21.7 Å². The molecule has 1 heterocycles. The van der Waals surface area contributed by atoms with Crippen molar-refractivity contribution in [3.05, 3.63) is 60.4 Å². The second kappa shape index (κ2) is 12.1. The summed E-state index contributed by atoms with van der Waals surface area (Å²) in [6.45, 7) is 0.854. The van der Waals surface area contributed by atoms with Crippen LogP contribution in [0, 0.1) is 5.41 Å². The van der Waals surface area contributed by atoms with Gasteiger partial charge in [-0.15, -0.1) is 0 Å². The maximum absolute atomic E-state index is 11.9. The summed E-state index contributed by atoms with van der Waals surface area (Å²) >= 11 is 0. The van der Waals surface area contributed by atoms with Crippen molar-refractivity contribution in [1.82, 2.24) is 15.2 Å². The van der Waals surface area contributed by atoms with Crippen molar-refractivity contribution in [1.29, 1.82) is 5.41 Å². The van der Waals surface area contributed by atoms with Crippen LogP contribution in [0.3, 0.4) is 0 Å². The topological polar surface area (TPSA) is 116 Å². The summed E-state index contributed by atoms with van der Waals surface area (Å²) < 4.78 is 23.8. The van der Waals surface area contributed by atoms with Crippen LogP contribution in [-0.4, -0.2) is 31.7 Å². The number of hydrogen-bond donors (Lipinski definition) is 4. The molecule has 0 radical (unpaired) electrons. The Morgan fingerprint density at radius 3 is 2.46 bits per heavy atom. The largest absolute Gasteiger partial charge is 0.356 e. The zero-order valence-electron chi connectivity index (χ0n) is 15.7. The standard InChI is InChI=1S/C19H27N5O3S/c20-19(23-18-10-13-21-14-11-18)22-12-6-1-2-7-15-28(25,26)24-27-16-17-8-4-3-5-9-17/h3-5,8-11,13-14,24H,1-2,6-7,12,15-16H2,(H3,20,21,22,23). The van der Waals surface area contributed by atoms with Gasteiger partial charge >= 0.3 is 0 Å². The molecule has 0 aliphatic carbocycles. The number of aromatic nitrogens is 1. The van der Waals surface area contributed by atoms with Crippen molar-refractivity contribution in [3.63, 3.8) is 0 Å². The van der Waals surface area contributed by atoms with E-state index in [2.05, 4.69) is 20.5 Å². The molecule has 0 aliphatic rings. The monoisotopic (exact) mass is 405 g/mol. The average molecular weight is 406 g/mol. The minimum atomic E-state index is -3.43. The van der Waals surface area contributed by atoms with Crippen LogP contribution >= 0.6 is 0 Å². The summed E-state index contributed by atoms with van der Waals surface area (Å²) in [5, 5.41) is 13.7. The van der Waals surface area contributed by atoms with Gasteiger partial charge in [-0.1, -0.05) is 48.1 Å². The van der Waals surface area contributed by atoms with E-state index < -0.39 is 10.0 Å². The predicted molar refractivity (Wildman–Crippen MR) is 110 cm³/mol. The molecule has 0 saturated carbocycles. The Morgan fingerprint density at radius 2 is 1.71 bits per heavy atom. The molecule has 0 unspecified atom stereocenters. The maximum atomic E-state index is 11.9. The Balaban J connectivity index is 1.48. The molecule has 2 rings (SSSR count). The van der Waals surface area contributed by atoms with Crippen molar-refractivity contribution in [2.45, 2.75) is 32.3 Å². The van der Waals surface area contributed by atoms with Crippen molar-refractivity contribution in [2.24, 2.45) is 0 Å². The molecule has 152 valence electrons. The van der Waals surface area contributed by atoms with Crippen molar-refractivity contribution < 1.29 is 13.3 Å². The highest BCUT2D eigenvalue weighted by molar-refractivity contribution is 7.89. The van der Waals surface area contributed by atoms with E-state index in [1.54, 1.807) is 24.5 Å². The van der Waals surface area contributed by atoms with Crippen molar-refractivity contribution in [2.75, 3.05) is 17.6 Å². The Hall–Kier alpha value is -2.49. The molecule has 28 heavy (non-hydrogen) atoms. The minimum absolute atomic E-state index is 0.0363. The Labute approximate surface area is 166 Å². The molecule has 0 spiro atoms. The van der Waals surface area contributed by atoms with E-state index in [-0.39, 0.29) is 18.3 Å². The Morgan fingerprint density at radius 1 is 1.00 bits per heavy atom. The third-order valence-corrected chi connectivity index (χ3v) is 5.06. The first-order valence-corrected chi connectivity index (χ1v) is 10.8. The van der Waals surface area contributed by atoms with Crippen LogP contribution in [-0.2, 0) is 21.5 Å². The van der Waals surface area contributed by atoms with E-state index in [0.717, 1.165) is 30.5 Å². The van der Waals surface area contributed by atoms with E-state index >= 15 is 0 Å². The van der Waals surface area contributed by atoms with Gasteiger partial charge in [0, 0.05) is 24.6 Å². The molecule has 1 aromatic heterocycles. The molecule has 0 bridgehead atoms. The van der Waals surface area contributed by atoms with E-state index in [0.29, 0.717) is 13.0 Å². The molecule has 0 aliphatic heterocycles. The molecular formula is C19H27N5O3S. The van der Waals surface area contributed by atoms with Crippen LogP contribution < -0.4 is 15.5 Å². The predicted octanol–water partition coefficient (Wildman–Crippen LogP) is 2.63. The number of guanidine groups is 1. The van der Waals surface area contributed by atoms with Crippen LogP contribution in [0.5, 0.6) is 0 Å². The minimum Gasteiger partial charge on any atom is -0.356 e. The lowest BCUT2D eigenvalue weighted by Crippen LogP contribution is -2.30. The number of benzene rings is 1. The van der Waals surface area contributed by atoms with Gasteiger partial charge in [-0.05, 0) is 30.5 Å². The fraction of sp³-hybridized carbons (Fsp3) is 0.368. The van der Waals surface area contributed by atoms with Crippen LogP contribution in [0.15, 0.2) is 54.9 Å². The quantitative estimate of drug-likeness (QED) is 0.187. The van der Waals surface area contributed by atoms with Gasteiger partial charge in [0.05, 0.1) is 12.4 Å². The van der Waals surface area contributed by atoms with Gasteiger partial charge in [0.1, 0.15) is 0 Å². The summed E-state index contributed by atoms with van der Waals surface area (Å²) in [6.07, 6.45) is 6.42. The van der Waals surface area contributed by atoms with Gasteiger partial charge in [-0.2, -0.15) is 0 Å².